The molecule has 1 aliphatic carbocycles. The van der Waals surface area contributed by atoms with Crippen LogP contribution in [0.2, 0.25) is 0 Å². The lowest BCUT2D eigenvalue weighted by atomic mass is 9.94. The summed E-state index contributed by atoms with van der Waals surface area (Å²) in [6, 6.07) is 27.0. The number of rotatable bonds is 13. The number of ether oxygens (including phenoxy) is 1. The standard InChI is InChI=1S/C38H42FN3O5S/c1-28-11-9-10-14-30(28)26-41(36(25-29-12-5-3-6-13-29)38(44)40-32-15-7-4-8-16-32)37(43)27-42(33-19-17-31(39)18-20-33)48(45,46)35-23-21-34(47-2)22-24-35/h3,5-6,9-14,17-24,32,36H,4,7-8,15-16,25-27H2,1-2H3,(H,40,44)/t36-/m0/s1. The van der Waals surface area contributed by atoms with E-state index < -0.39 is 34.3 Å². The van der Waals surface area contributed by atoms with E-state index in [9.17, 15) is 22.4 Å². The van der Waals surface area contributed by atoms with Crippen LogP contribution in [-0.4, -0.2) is 50.9 Å². The summed E-state index contributed by atoms with van der Waals surface area (Å²) in [7, 11) is -2.84. The van der Waals surface area contributed by atoms with Crippen molar-refractivity contribution >= 4 is 27.5 Å². The first-order valence-electron chi connectivity index (χ1n) is 16.3. The van der Waals surface area contributed by atoms with Gasteiger partial charge in [-0.3, -0.25) is 13.9 Å². The predicted molar refractivity (Wildman–Crippen MR) is 185 cm³/mol. The van der Waals surface area contributed by atoms with Gasteiger partial charge in [-0.15, -0.1) is 0 Å². The average molecular weight is 672 g/mol. The molecule has 0 spiro atoms. The Morgan fingerprint density at radius 3 is 2.17 bits per heavy atom. The van der Waals surface area contributed by atoms with Gasteiger partial charge >= 0.3 is 0 Å². The van der Waals surface area contributed by atoms with Crippen molar-refractivity contribution in [1.29, 1.82) is 0 Å². The quantitative estimate of drug-likeness (QED) is 0.177. The summed E-state index contributed by atoms with van der Waals surface area (Å²) in [5, 5.41) is 3.21. The van der Waals surface area contributed by atoms with Crippen LogP contribution >= 0.6 is 0 Å². The molecule has 8 nitrogen and oxygen atoms in total. The van der Waals surface area contributed by atoms with Gasteiger partial charge in [-0.2, -0.15) is 0 Å². The fourth-order valence-corrected chi connectivity index (χ4v) is 7.49. The van der Waals surface area contributed by atoms with Gasteiger partial charge in [0.1, 0.15) is 24.2 Å². The molecule has 5 rings (SSSR count). The fraction of sp³-hybridized carbons (Fsp3) is 0.316. The second kappa shape index (κ2) is 15.9. The van der Waals surface area contributed by atoms with Crippen molar-refractivity contribution in [1.82, 2.24) is 10.2 Å². The Balaban J connectivity index is 1.56. The first-order valence-corrected chi connectivity index (χ1v) is 17.7. The van der Waals surface area contributed by atoms with Crippen molar-refractivity contribution < 1.29 is 27.1 Å². The SMILES string of the molecule is COc1ccc(S(=O)(=O)N(CC(=O)N(Cc2ccccc2C)[C@@H](Cc2ccccc2)C(=O)NC2CCCCC2)c2ccc(F)cc2)cc1. The van der Waals surface area contributed by atoms with Crippen LogP contribution in [0.5, 0.6) is 5.75 Å². The highest BCUT2D eigenvalue weighted by molar-refractivity contribution is 7.92. The lowest BCUT2D eigenvalue weighted by Crippen LogP contribution is -2.55. The number of sulfonamides is 1. The maximum Gasteiger partial charge on any atom is 0.264 e. The molecule has 0 saturated heterocycles. The van der Waals surface area contributed by atoms with Crippen LogP contribution in [0.1, 0.15) is 48.8 Å². The van der Waals surface area contributed by atoms with E-state index in [1.807, 2.05) is 61.5 Å². The van der Waals surface area contributed by atoms with Crippen LogP contribution in [-0.2, 0) is 32.6 Å². The fourth-order valence-electron chi connectivity index (χ4n) is 6.08. The molecule has 1 saturated carbocycles. The number of hydrogen-bond acceptors (Lipinski definition) is 5. The van der Waals surface area contributed by atoms with Gasteiger partial charge in [-0.25, -0.2) is 12.8 Å². The third-order valence-corrected chi connectivity index (χ3v) is 10.7. The largest absolute Gasteiger partial charge is 0.497 e. The minimum Gasteiger partial charge on any atom is -0.497 e. The van der Waals surface area contributed by atoms with Crippen LogP contribution in [0.15, 0.2) is 108 Å². The summed E-state index contributed by atoms with van der Waals surface area (Å²) in [4.78, 5) is 30.3. The van der Waals surface area contributed by atoms with Crippen molar-refractivity contribution in [3.8, 4) is 5.75 Å². The summed E-state index contributed by atoms with van der Waals surface area (Å²) in [5.74, 6) is -0.927. The molecule has 0 unspecified atom stereocenters. The Morgan fingerprint density at radius 2 is 1.52 bits per heavy atom. The monoisotopic (exact) mass is 671 g/mol. The molecule has 0 radical (unpaired) electrons. The number of amides is 2. The first-order chi connectivity index (χ1) is 23.2. The number of halogens is 1. The number of carbonyl (C=O) groups is 2. The molecule has 10 heteroatoms. The van der Waals surface area contributed by atoms with E-state index >= 15 is 0 Å². The van der Waals surface area contributed by atoms with Crippen LogP contribution in [0, 0.1) is 12.7 Å². The number of aryl methyl sites for hydroxylation is 1. The van der Waals surface area contributed by atoms with Crippen molar-refractivity contribution in [3.63, 3.8) is 0 Å². The summed E-state index contributed by atoms with van der Waals surface area (Å²) >= 11 is 0. The van der Waals surface area contributed by atoms with Gasteiger partial charge in [0, 0.05) is 19.0 Å². The average Bonchev–Trinajstić information content (AvgIpc) is 3.10. The summed E-state index contributed by atoms with van der Waals surface area (Å²) < 4.78 is 48.6. The second-order valence-electron chi connectivity index (χ2n) is 12.2. The molecule has 1 atom stereocenters. The lowest BCUT2D eigenvalue weighted by Gasteiger charge is -2.35. The molecule has 2 amide bonds. The molecule has 0 bridgehead atoms. The maximum atomic E-state index is 14.7. The highest BCUT2D eigenvalue weighted by Crippen LogP contribution is 2.27. The van der Waals surface area contributed by atoms with E-state index in [0.717, 1.165) is 65.2 Å². The third kappa shape index (κ3) is 8.60. The highest BCUT2D eigenvalue weighted by Gasteiger charge is 2.35. The van der Waals surface area contributed by atoms with Crippen molar-refractivity contribution in [2.75, 3.05) is 18.0 Å². The molecule has 0 heterocycles. The molecule has 0 aromatic heterocycles. The van der Waals surface area contributed by atoms with Gasteiger partial charge in [-0.05, 0) is 85.0 Å². The van der Waals surface area contributed by atoms with E-state index in [-0.39, 0.29) is 35.5 Å². The van der Waals surface area contributed by atoms with Crippen LogP contribution in [0.25, 0.3) is 0 Å². The molecule has 1 N–H and O–H groups in total. The zero-order chi connectivity index (χ0) is 34.1. The molecule has 0 aliphatic heterocycles. The van der Waals surface area contributed by atoms with Gasteiger partial charge in [0.05, 0.1) is 17.7 Å². The number of carbonyl (C=O) groups excluding carboxylic acids is 2. The van der Waals surface area contributed by atoms with Crippen molar-refractivity contribution in [3.05, 3.63) is 126 Å². The summed E-state index contributed by atoms with van der Waals surface area (Å²) in [6.07, 6.45) is 5.15. The topological polar surface area (TPSA) is 96.0 Å². The molecule has 4 aromatic rings. The number of nitrogens with one attached hydrogen (secondary N) is 1. The van der Waals surface area contributed by atoms with E-state index in [1.165, 1.54) is 48.4 Å². The van der Waals surface area contributed by atoms with Crippen molar-refractivity contribution in [2.45, 2.75) is 69.0 Å². The van der Waals surface area contributed by atoms with E-state index in [2.05, 4.69) is 5.32 Å². The molecular weight excluding hydrogens is 629 g/mol. The normalized spacial score (nSPS) is 14.1. The molecule has 48 heavy (non-hydrogen) atoms. The highest BCUT2D eigenvalue weighted by atomic mass is 32.2. The molecule has 4 aromatic carbocycles. The predicted octanol–water partition coefficient (Wildman–Crippen LogP) is 6.43. The summed E-state index contributed by atoms with van der Waals surface area (Å²) in [6.45, 7) is 1.40. The Kier molecular flexibility index (Phi) is 11.5. The third-order valence-electron chi connectivity index (χ3n) is 8.87. The Hall–Kier alpha value is -4.70. The number of anilines is 1. The Bertz CT molecular complexity index is 1780. The maximum absolute atomic E-state index is 14.7. The van der Waals surface area contributed by atoms with Gasteiger partial charge < -0.3 is 15.0 Å². The van der Waals surface area contributed by atoms with Crippen LogP contribution in [0.4, 0.5) is 10.1 Å². The van der Waals surface area contributed by atoms with Crippen molar-refractivity contribution in [2.24, 2.45) is 0 Å². The Labute approximate surface area is 282 Å². The van der Waals surface area contributed by atoms with Crippen LogP contribution in [0.3, 0.4) is 0 Å². The number of benzene rings is 4. The Morgan fingerprint density at radius 1 is 0.875 bits per heavy atom. The van der Waals surface area contributed by atoms with Gasteiger partial charge in [-0.1, -0.05) is 73.9 Å². The molecule has 1 aliphatic rings. The first kappa shape index (κ1) is 34.6. The van der Waals surface area contributed by atoms with E-state index in [1.54, 1.807) is 0 Å². The molecular formula is C38H42FN3O5S. The molecule has 252 valence electrons. The summed E-state index contributed by atoms with van der Waals surface area (Å²) in [5.41, 5.74) is 2.75. The molecule has 1 fully saturated rings. The lowest BCUT2D eigenvalue weighted by molar-refractivity contribution is -0.140. The van der Waals surface area contributed by atoms with Gasteiger partial charge in [0.2, 0.25) is 11.8 Å². The number of hydrogen-bond donors (Lipinski definition) is 1. The second-order valence-corrected chi connectivity index (χ2v) is 14.0. The van der Waals surface area contributed by atoms with Gasteiger partial charge in [0.25, 0.3) is 10.0 Å². The number of methoxy groups -OCH3 is 1. The van der Waals surface area contributed by atoms with E-state index in [0.29, 0.717) is 5.75 Å². The smallest absolute Gasteiger partial charge is 0.264 e. The van der Waals surface area contributed by atoms with Gasteiger partial charge in [0.15, 0.2) is 0 Å². The zero-order valence-electron chi connectivity index (χ0n) is 27.3. The minimum atomic E-state index is -4.32. The van der Waals surface area contributed by atoms with Crippen LogP contribution < -0.4 is 14.4 Å². The number of nitrogens with zero attached hydrogens (tertiary/aromatic N) is 2. The van der Waals surface area contributed by atoms with E-state index in [4.69, 9.17) is 4.74 Å². The zero-order valence-corrected chi connectivity index (χ0v) is 28.2. The minimum absolute atomic E-state index is 0.00565.